The van der Waals surface area contributed by atoms with Gasteiger partial charge >= 0.3 is 12.4 Å². The largest absolute Gasteiger partial charge is 0.493 e. The molecule has 2 unspecified atom stereocenters. The molecule has 0 saturated carbocycles. The molecule has 4 aromatic carbocycles. The zero-order valence-electron chi connectivity index (χ0n) is 30.9. The molecule has 2 heterocycles. The summed E-state index contributed by atoms with van der Waals surface area (Å²) < 4.78 is 102. The molecule has 6 nitrogen and oxygen atoms in total. The lowest BCUT2D eigenvalue weighted by Crippen LogP contribution is -2.22. The number of hydrogen-bond donors (Lipinski definition) is 0. The number of thiazole rings is 1. The number of benzene rings is 4. The third-order valence-corrected chi connectivity index (χ3v) is 14.1. The summed E-state index contributed by atoms with van der Waals surface area (Å²) in [5, 5.41) is 1.25. The van der Waals surface area contributed by atoms with Gasteiger partial charge in [-0.25, -0.2) is 4.98 Å². The summed E-state index contributed by atoms with van der Waals surface area (Å²) >= 11 is 2.85. The number of methoxy groups -OCH3 is 2. The van der Waals surface area contributed by atoms with Crippen molar-refractivity contribution >= 4 is 49.7 Å². The number of nitrogens with zero attached hydrogens (tertiary/aromatic N) is 2. The first-order valence-corrected chi connectivity index (χ1v) is 20.9. The Kier molecular flexibility index (Phi) is 12.8. The van der Waals surface area contributed by atoms with Gasteiger partial charge in [-0.2, -0.15) is 26.3 Å². The highest BCUT2D eigenvalue weighted by molar-refractivity contribution is 8.76. The van der Waals surface area contributed by atoms with E-state index < -0.39 is 23.5 Å². The number of aromatic nitrogens is 1. The molecule has 16 heteroatoms. The average Bonchev–Trinajstić information content (AvgIpc) is 3.73. The van der Waals surface area contributed by atoms with Crippen LogP contribution in [0.5, 0.6) is 23.0 Å². The maximum absolute atomic E-state index is 13.0. The topological polar surface area (TPSA) is 62.2 Å². The van der Waals surface area contributed by atoms with E-state index in [1.807, 2.05) is 52.0 Å². The van der Waals surface area contributed by atoms with Crippen LogP contribution in [0.15, 0.2) is 87.6 Å². The second-order valence-corrected chi connectivity index (χ2v) is 17.3. The number of ether oxygens (including phenoxy) is 4. The highest BCUT2D eigenvalue weighted by atomic mass is 33.1. The minimum absolute atomic E-state index is 0.0389. The van der Waals surface area contributed by atoms with Gasteiger partial charge in [0.25, 0.3) is 0 Å². The van der Waals surface area contributed by atoms with Crippen molar-refractivity contribution in [3.8, 4) is 33.6 Å². The highest BCUT2D eigenvalue weighted by Crippen LogP contribution is 2.47. The molecule has 6 rings (SSSR count). The van der Waals surface area contributed by atoms with Crippen LogP contribution in [0, 0.1) is 20.8 Å². The molecule has 0 spiro atoms. The molecule has 2 atom stereocenters. The summed E-state index contributed by atoms with van der Waals surface area (Å²) in [6.45, 7) is 8.30. The fourth-order valence-corrected chi connectivity index (χ4v) is 10.2. The minimum atomic E-state index is -4.40. The van der Waals surface area contributed by atoms with Gasteiger partial charge in [0.15, 0.2) is 23.0 Å². The van der Waals surface area contributed by atoms with E-state index in [1.165, 1.54) is 47.4 Å². The number of alkyl halides is 6. The van der Waals surface area contributed by atoms with Crippen molar-refractivity contribution in [2.45, 2.75) is 67.7 Å². The van der Waals surface area contributed by atoms with Crippen molar-refractivity contribution in [1.82, 2.24) is 4.98 Å². The van der Waals surface area contributed by atoms with Gasteiger partial charge in [0.05, 0.1) is 52.3 Å². The summed E-state index contributed by atoms with van der Waals surface area (Å²) in [4.78, 5) is 12.0. The molecule has 1 aromatic heterocycles. The van der Waals surface area contributed by atoms with Crippen LogP contribution in [0.4, 0.5) is 26.3 Å². The fourth-order valence-electron chi connectivity index (χ4n) is 5.56. The van der Waals surface area contributed by atoms with Crippen LogP contribution in [0.2, 0.25) is 0 Å². The lowest BCUT2D eigenvalue weighted by atomic mass is 10.1. The Morgan fingerprint density at radius 3 is 1.68 bits per heavy atom. The maximum atomic E-state index is 13.0. The van der Waals surface area contributed by atoms with E-state index in [0.717, 1.165) is 55.8 Å². The van der Waals surface area contributed by atoms with Gasteiger partial charge < -0.3 is 18.9 Å². The Morgan fingerprint density at radius 2 is 1.18 bits per heavy atom. The van der Waals surface area contributed by atoms with Crippen LogP contribution < -0.4 is 18.9 Å². The summed E-state index contributed by atoms with van der Waals surface area (Å²) in [6.07, 6.45) is -8.80. The van der Waals surface area contributed by atoms with E-state index >= 15 is 0 Å². The monoisotopic (exact) mass is 850 g/mol. The number of thioether (sulfide) groups is 1. The van der Waals surface area contributed by atoms with Crippen molar-refractivity contribution in [2.75, 3.05) is 20.8 Å². The van der Waals surface area contributed by atoms with Crippen molar-refractivity contribution in [3.63, 3.8) is 0 Å². The molecule has 1 aliphatic rings. The molecule has 56 heavy (non-hydrogen) atoms. The van der Waals surface area contributed by atoms with Gasteiger partial charge in [-0.15, -0.1) is 11.3 Å². The Bertz CT molecular complexity index is 2210. The van der Waals surface area contributed by atoms with Gasteiger partial charge in [-0.3, -0.25) is 4.99 Å². The van der Waals surface area contributed by atoms with E-state index in [9.17, 15) is 26.3 Å². The molecule has 5 aromatic rings. The second kappa shape index (κ2) is 17.2. The number of aliphatic imine (C=N–C) groups is 1. The zero-order valence-corrected chi connectivity index (χ0v) is 34.2. The van der Waals surface area contributed by atoms with Gasteiger partial charge in [-0.1, -0.05) is 57.6 Å². The summed E-state index contributed by atoms with van der Waals surface area (Å²) in [7, 11) is 6.27. The summed E-state index contributed by atoms with van der Waals surface area (Å²) in [6, 6.07) is 17.6. The van der Waals surface area contributed by atoms with Crippen molar-refractivity contribution < 1.29 is 45.3 Å². The van der Waals surface area contributed by atoms with E-state index in [0.29, 0.717) is 50.8 Å². The average molecular weight is 851 g/mol. The Hall–Kier alpha value is -3.99. The number of aryl methyl sites for hydroxylation is 3. The second-order valence-electron chi connectivity index (χ2n) is 12.8. The molecule has 0 radical (unpaired) electrons. The van der Waals surface area contributed by atoms with Crippen LogP contribution >= 0.6 is 44.7 Å². The Morgan fingerprint density at radius 1 is 0.679 bits per heavy atom. The molecule has 0 fully saturated rings. The van der Waals surface area contributed by atoms with E-state index in [1.54, 1.807) is 35.8 Å². The highest BCUT2D eigenvalue weighted by Gasteiger charge is 2.32. The van der Waals surface area contributed by atoms with Crippen LogP contribution in [-0.4, -0.2) is 42.1 Å². The molecule has 0 amide bonds. The fraction of sp³-hybridized carbons (Fsp3) is 0.300. The van der Waals surface area contributed by atoms with Gasteiger partial charge in [0, 0.05) is 20.9 Å². The Labute approximate surface area is 336 Å². The molecule has 0 saturated heterocycles. The molecule has 0 N–H and O–H groups in total. The lowest BCUT2D eigenvalue weighted by molar-refractivity contribution is -0.138. The van der Waals surface area contributed by atoms with Crippen LogP contribution in [0.3, 0.4) is 0 Å². The van der Waals surface area contributed by atoms with Crippen LogP contribution in [-0.2, 0) is 19.0 Å². The molecule has 1 aliphatic heterocycles. The number of rotatable bonds is 13. The van der Waals surface area contributed by atoms with Crippen molar-refractivity contribution in [3.05, 3.63) is 111 Å². The van der Waals surface area contributed by atoms with Gasteiger partial charge in [-0.05, 0) is 87.4 Å². The summed E-state index contributed by atoms with van der Waals surface area (Å²) in [5.41, 5.74) is 2.52. The SMILES string of the molecule is COc1cc(SSc2cc(OC)c(OCC3SC(c4ccc(C(F)(F)F)cc4)=NC3C)cc2C)c(C)cc1OCc1sc(-c2ccc(C(F)(F)F)cc2)nc1C. The van der Waals surface area contributed by atoms with Crippen molar-refractivity contribution in [1.29, 1.82) is 0 Å². The van der Waals surface area contributed by atoms with Gasteiger partial charge in [0.2, 0.25) is 0 Å². The van der Waals surface area contributed by atoms with E-state index in [4.69, 9.17) is 18.9 Å². The minimum Gasteiger partial charge on any atom is -0.493 e. The molecular formula is C40H36F6N2O4S4. The molecule has 0 bridgehead atoms. The zero-order chi connectivity index (χ0) is 40.4. The maximum Gasteiger partial charge on any atom is 0.416 e. The summed E-state index contributed by atoms with van der Waals surface area (Å²) in [5.74, 6) is 2.24. The number of hydrogen-bond acceptors (Lipinski definition) is 10. The van der Waals surface area contributed by atoms with Crippen molar-refractivity contribution in [2.24, 2.45) is 4.99 Å². The lowest BCUT2D eigenvalue weighted by Gasteiger charge is -2.18. The van der Waals surface area contributed by atoms with Crippen LogP contribution in [0.1, 0.15) is 45.3 Å². The predicted octanol–water partition coefficient (Wildman–Crippen LogP) is 12.5. The molecule has 296 valence electrons. The third-order valence-electron chi connectivity index (χ3n) is 8.84. The van der Waals surface area contributed by atoms with Gasteiger partial charge in [0.1, 0.15) is 18.2 Å². The normalized spacial score (nSPS) is 15.8. The number of halogens is 6. The predicted molar refractivity (Wildman–Crippen MR) is 213 cm³/mol. The first kappa shape index (κ1) is 41.6. The quantitative estimate of drug-likeness (QED) is 0.0857. The first-order valence-electron chi connectivity index (χ1n) is 17.1. The molecular weight excluding hydrogens is 815 g/mol. The smallest absolute Gasteiger partial charge is 0.416 e. The van der Waals surface area contributed by atoms with E-state index in [2.05, 4.69) is 9.98 Å². The van der Waals surface area contributed by atoms with Crippen LogP contribution in [0.25, 0.3) is 10.6 Å². The standard InChI is InChI=1S/C40H36F6N2O4S4/c1-21-15-31(51-19-35-23(3)47-37(53-35)25-7-11-27(12-8-25)39(41,42)43)29(49-5)17-33(21)55-56-34-18-30(50-6)32(16-22(34)2)52-20-36-24(4)48-38(54-36)26-9-13-28(14-10-26)40(44,45)46/h7-18,23,35H,19-20H2,1-6H3. The molecule has 0 aliphatic carbocycles. The van der Waals surface area contributed by atoms with E-state index in [-0.39, 0.29) is 17.9 Å². The first-order chi connectivity index (χ1) is 26.5. The Balaban J connectivity index is 1.06. The third kappa shape index (κ3) is 9.75.